The predicted octanol–water partition coefficient (Wildman–Crippen LogP) is 4.97. The second-order valence-electron chi connectivity index (χ2n) is 4.33. The molecule has 0 aliphatic heterocycles. The summed E-state index contributed by atoms with van der Waals surface area (Å²) in [5.74, 6) is -0.127. The lowest BCUT2D eigenvalue weighted by Crippen LogP contribution is -2.20. The summed E-state index contributed by atoms with van der Waals surface area (Å²) in [7, 11) is 0. The van der Waals surface area contributed by atoms with Crippen LogP contribution in [0.4, 0.5) is 18.9 Å². The van der Waals surface area contributed by atoms with Crippen LogP contribution in [-0.2, 0) is 4.79 Å². The van der Waals surface area contributed by atoms with Crippen LogP contribution < -0.4 is 10.1 Å². The van der Waals surface area contributed by atoms with Crippen LogP contribution in [0.2, 0.25) is 5.02 Å². The van der Waals surface area contributed by atoms with Crippen molar-refractivity contribution in [1.82, 2.24) is 0 Å². The topological polar surface area (TPSA) is 38.3 Å². The van der Waals surface area contributed by atoms with Crippen LogP contribution >= 0.6 is 23.4 Å². The highest BCUT2D eigenvalue weighted by molar-refractivity contribution is 8.00. The molecule has 0 saturated carbocycles. The molecule has 2 rings (SSSR count). The molecule has 0 radical (unpaired) electrons. The third kappa shape index (κ3) is 6.03. The maximum Gasteiger partial charge on any atom is 0.446 e. The molecule has 1 N–H and O–H groups in total. The number of thioether (sulfide) groups is 1. The van der Waals surface area contributed by atoms with Gasteiger partial charge in [0.15, 0.2) is 6.61 Å². The number of halogens is 4. The number of anilines is 1. The molecular weight excluding hydrogens is 351 g/mol. The Kier molecular flexibility index (Phi) is 5.79. The van der Waals surface area contributed by atoms with E-state index in [1.807, 2.05) is 0 Å². The minimum absolute atomic E-state index is 0.0829. The van der Waals surface area contributed by atoms with E-state index in [0.717, 1.165) is 0 Å². The van der Waals surface area contributed by atoms with Crippen molar-refractivity contribution in [3.8, 4) is 5.75 Å². The molecule has 3 nitrogen and oxygen atoms in total. The molecule has 122 valence electrons. The molecule has 0 unspecified atom stereocenters. The van der Waals surface area contributed by atoms with Gasteiger partial charge in [-0.3, -0.25) is 4.79 Å². The lowest BCUT2D eigenvalue weighted by Gasteiger charge is -2.12. The normalized spacial score (nSPS) is 11.1. The molecule has 0 aliphatic rings. The number of para-hydroxylation sites is 1. The molecule has 0 heterocycles. The Morgan fingerprint density at radius 1 is 1.13 bits per heavy atom. The van der Waals surface area contributed by atoms with E-state index in [4.69, 9.17) is 16.3 Å². The number of amides is 1. The molecule has 23 heavy (non-hydrogen) atoms. The van der Waals surface area contributed by atoms with E-state index < -0.39 is 11.4 Å². The van der Waals surface area contributed by atoms with Gasteiger partial charge in [-0.05, 0) is 48.2 Å². The Bertz CT molecular complexity index is 677. The number of hydrogen-bond acceptors (Lipinski definition) is 3. The average molecular weight is 362 g/mol. The Morgan fingerprint density at radius 3 is 2.43 bits per heavy atom. The van der Waals surface area contributed by atoms with Gasteiger partial charge in [-0.2, -0.15) is 13.2 Å². The van der Waals surface area contributed by atoms with Gasteiger partial charge in [-0.1, -0.05) is 23.7 Å². The van der Waals surface area contributed by atoms with Crippen LogP contribution in [0, 0.1) is 0 Å². The van der Waals surface area contributed by atoms with Gasteiger partial charge in [0.25, 0.3) is 5.91 Å². The zero-order valence-electron chi connectivity index (χ0n) is 11.6. The lowest BCUT2D eigenvalue weighted by molar-refractivity contribution is -0.118. The minimum atomic E-state index is -4.43. The number of hydrogen-bond donors (Lipinski definition) is 1. The first-order valence-electron chi connectivity index (χ1n) is 6.36. The van der Waals surface area contributed by atoms with Gasteiger partial charge >= 0.3 is 5.51 Å². The zero-order valence-corrected chi connectivity index (χ0v) is 13.1. The quantitative estimate of drug-likeness (QED) is 0.764. The van der Waals surface area contributed by atoms with E-state index in [0.29, 0.717) is 10.8 Å². The van der Waals surface area contributed by atoms with Crippen molar-refractivity contribution >= 4 is 35.0 Å². The van der Waals surface area contributed by atoms with E-state index in [-0.39, 0.29) is 29.0 Å². The van der Waals surface area contributed by atoms with Crippen LogP contribution in [0.3, 0.4) is 0 Å². The van der Waals surface area contributed by atoms with E-state index in [1.165, 1.54) is 24.3 Å². The molecule has 0 saturated heterocycles. The molecular formula is C15H11ClF3NO2S. The fourth-order valence-corrected chi connectivity index (χ4v) is 2.40. The van der Waals surface area contributed by atoms with Gasteiger partial charge < -0.3 is 10.1 Å². The number of benzene rings is 2. The number of rotatable bonds is 5. The predicted molar refractivity (Wildman–Crippen MR) is 83.9 cm³/mol. The SMILES string of the molecule is O=C(COc1ccc(Cl)cc1)Nc1ccccc1SC(F)(F)F. The molecule has 2 aromatic rings. The van der Waals surface area contributed by atoms with Crippen molar-refractivity contribution in [2.45, 2.75) is 10.4 Å². The molecule has 0 aromatic heterocycles. The smallest absolute Gasteiger partial charge is 0.446 e. The summed E-state index contributed by atoms with van der Waals surface area (Å²) in [4.78, 5) is 11.7. The Labute approximate surface area is 139 Å². The minimum Gasteiger partial charge on any atom is -0.484 e. The first-order valence-corrected chi connectivity index (χ1v) is 7.56. The maximum absolute atomic E-state index is 12.5. The standard InChI is InChI=1S/C15H11ClF3NO2S/c16-10-5-7-11(8-6-10)22-9-14(21)20-12-3-1-2-4-13(12)23-15(17,18)19/h1-8H,9H2,(H,20,21). The van der Waals surface area contributed by atoms with Crippen molar-refractivity contribution < 1.29 is 22.7 Å². The molecule has 8 heteroatoms. The Balaban J connectivity index is 1.96. The highest BCUT2D eigenvalue weighted by atomic mass is 35.5. The first-order chi connectivity index (χ1) is 10.8. The number of nitrogens with one attached hydrogen (secondary N) is 1. The van der Waals surface area contributed by atoms with E-state index >= 15 is 0 Å². The third-order valence-electron chi connectivity index (χ3n) is 2.57. The second-order valence-corrected chi connectivity index (χ2v) is 5.88. The summed E-state index contributed by atoms with van der Waals surface area (Å²) in [6, 6.07) is 12.1. The monoisotopic (exact) mass is 361 g/mol. The van der Waals surface area contributed by atoms with Gasteiger partial charge in [-0.15, -0.1) is 0 Å². The van der Waals surface area contributed by atoms with E-state index in [1.54, 1.807) is 24.3 Å². The average Bonchev–Trinajstić information content (AvgIpc) is 2.47. The summed E-state index contributed by atoms with van der Waals surface area (Å²) < 4.78 is 42.7. The molecule has 0 aliphatic carbocycles. The van der Waals surface area contributed by atoms with Gasteiger partial charge in [0.2, 0.25) is 0 Å². The number of carbonyl (C=O) groups excluding carboxylic acids is 1. The van der Waals surface area contributed by atoms with E-state index in [2.05, 4.69) is 5.32 Å². The number of ether oxygens (including phenoxy) is 1. The molecule has 0 atom stereocenters. The van der Waals surface area contributed by atoms with Gasteiger partial charge in [-0.25, -0.2) is 0 Å². The molecule has 0 bridgehead atoms. The van der Waals surface area contributed by atoms with Gasteiger partial charge in [0, 0.05) is 9.92 Å². The highest BCUT2D eigenvalue weighted by Crippen LogP contribution is 2.40. The van der Waals surface area contributed by atoms with Crippen molar-refractivity contribution in [2.75, 3.05) is 11.9 Å². The second kappa shape index (κ2) is 7.61. The molecule has 0 spiro atoms. The Morgan fingerprint density at radius 2 is 1.78 bits per heavy atom. The maximum atomic E-state index is 12.5. The van der Waals surface area contributed by atoms with Crippen molar-refractivity contribution in [3.05, 3.63) is 53.6 Å². The van der Waals surface area contributed by atoms with Gasteiger partial charge in [0.1, 0.15) is 5.75 Å². The van der Waals surface area contributed by atoms with Crippen LogP contribution in [0.1, 0.15) is 0 Å². The van der Waals surface area contributed by atoms with Gasteiger partial charge in [0.05, 0.1) is 5.69 Å². The third-order valence-corrected chi connectivity index (χ3v) is 3.63. The van der Waals surface area contributed by atoms with Crippen LogP contribution in [0.25, 0.3) is 0 Å². The van der Waals surface area contributed by atoms with Crippen LogP contribution in [0.15, 0.2) is 53.4 Å². The van der Waals surface area contributed by atoms with Crippen molar-refractivity contribution in [3.63, 3.8) is 0 Å². The molecule has 0 fully saturated rings. The summed E-state index contributed by atoms with van der Waals surface area (Å²) >= 11 is 5.44. The highest BCUT2D eigenvalue weighted by Gasteiger charge is 2.30. The van der Waals surface area contributed by atoms with Crippen LogP contribution in [0.5, 0.6) is 5.75 Å². The molecule has 1 amide bonds. The number of alkyl halides is 3. The first kappa shape index (κ1) is 17.5. The lowest BCUT2D eigenvalue weighted by atomic mass is 10.3. The summed E-state index contributed by atoms with van der Waals surface area (Å²) in [5, 5.41) is 2.93. The van der Waals surface area contributed by atoms with E-state index in [9.17, 15) is 18.0 Å². The largest absolute Gasteiger partial charge is 0.484 e. The van der Waals surface area contributed by atoms with Crippen molar-refractivity contribution in [2.24, 2.45) is 0 Å². The van der Waals surface area contributed by atoms with Crippen LogP contribution in [-0.4, -0.2) is 18.0 Å². The number of carbonyl (C=O) groups is 1. The summed E-state index contributed by atoms with van der Waals surface area (Å²) in [6.07, 6.45) is 0. The summed E-state index contributed by atoms with van der Waals surface area (Å²) in [6.45, 7) is -0.327. The van der Waals surface area contributed by atoms with Crippen molar-refractivity contribution in [1.29, 1.82) is 0 Å². The summed E-state index contributed by atoms with van der Waals surface area (Å²) in [5.41, 5.74) is -4.35. The molecule has 2 aromatic carbocycles. The fourth-order valence-electron chi connectivity index (χ4n) is 1.65. The Hall–Kier alpha value is -1.86. The zero-order chi connectivity index (χ0) is 16.9. The fraction of sp³-hybridized carbons (Fsp3) is 0.133.